The number of ether oxygens (including phenoxy) is 1. The Morgan fingerprint density at radius 3 is 2.53 bits per heavy atom. The molecule has 4 heteroatoms. The van der Waals surface area contributed by atoms with Crippen LogP contribution < -0.4 is 10.1 Å². The van der Waals surface area contributed by atoms with Gasteiger partial charge in [0.25, 0.3) is 5.91 Å². The summed E-state index contributed by atoms with van der Waals surface area (Å²) in [5.41, 5.74) is 0.603. The number of carbonyl (C=O) groups excluding carboxylic acids is 1. The third-order valence-corrected chi connectivity index (χ3v) is 2.21. The predicted octanol–water partition coefficient (Wildman–Crippen LogP) is 2.23. The number of benzene rings is 1. The quantitative estimate of drug-likeness (QED) is 0.876. The summed E-state index contributed by atoms with van der Waals surface area (Å²) in [6.07, 6.45) is 3.31. The van der Waals surface area contributed by atoms with Crippen LogP contribution in [0, 0.1) is 0 Å². The fourth-order valence-electron chi connectivity index (χ4n) is 1.36. The fraction of sp³-hybridized carbons (Fsp3) is 0.0769. The highest BCUT2D eigenvalue weighted by molar-refractivity contribution is 5.94. The Morgan fingerprint density at radius 1 is 1.18 bits per heavy atom. The maximum Gasteiger partial charge on any atom is 0.251 e. The van der Waals surface area contributed by atoms with E-state index in [1.807, 2.05) is 6.07 Å². The van der Waals surface area contributed by atoms with Crippen LogP contribution in [-0.4, -0.2) is 17.9 Å². The van der Waals surface area contributed by atoms with Crippen molar-refractivity contribution >= 4 is 5.91 Å². The standard InChI is InChI=1S/C13H12N2O2/c1-14-13(16)10-4-6-11(7-5-10)17-12-3-2-8-15-9-12/h2-9H,1H3,(H,14,16). The molecule has 2 aromatic rings. The summed E-state index contributed by atoms with van der Waals surface area (Å²) >= 11 is 0. The number of amides is 1. The van der Waals surface area contributed by atoms with Crippen molar-refractivity contribution in [1.29, 1.82) is 0 Å². The number of pyridine rings is 1. The molecule has 0 saturated heterocycles. The monoisotopic (exact) mass is 228 g/mol. The van der Waals surface area contributed by atoms with Crippen molar-refractivity contribution in [2.45, 2.75) is 0 Å². The number of rotatable bonds is 3. The molecule has 0 unspecified atom stereocenters. The van der Waals surface area contributed by atoms with Gasteiger partial charge in [-0.3, -0.25) is 9.78 Å². The molecule has 0 bridgehead atoms. The van der Waals surface area contributed by atoms with Crippen LogP contribution in [0.4, 0.5) is 0 Å². The number of nitrogens with zero attached hydrogens (tertiary/aromatic N) is 1. The molecule has 0 radical (unpaired) electrons. The van der Waals surface area contributed by atoms with E-state index < -0.39 is 0 Å². The molecule has 1 N–H and O–H groups in total. The molecule has 0 aliphatic carbocycles. The SMILES string of the molecule is CNC(=O)c1ccc(Oc2cccnc2)cc1. The van der Waals surface area contributed by atoms with Crippen molar-refractivity contribution in [2.75, 3.05) is 7.05 Å². The first-order valence-electron chi connectivity index (χ1n) is 5.19. The number of aromatic nitrogens is 1. The predicted molar refractivity (Wildman–Crippen MR) is 64.1 cm³/mol. The summed E-state index contributed by atoms with van der Waals surface area (Å²) in [7, 11) is 1.60. The van der Waals surface area contributed by atoms with E-state index in [0.29, 0.717) is 17.1 Å². The van der Waals surface area contributed by atoms with Gasteiger partial charge in [0.1, 0.15) is 11.5 Å². The van der Waals surface area contributed by atoms with Crippen LogP contribution in [0.3, 0.4) is 0 Å². The molecule has 0 atom stereocenters. The Labute approximate surface area is 99.3 Å². The topological polar surface area (TPSA) is 51.2 Å². The van der Waals surface area contributed by atoms with E-state index in [2.05, 4.69) is 10.3 Å². The molecule has 17 heavy (non-hydrogen) atoms. The van der Waals surface area contributed by atoms with Crippen molar-refractivity contribution in [2.24, 2.45) is 0 Å². The van der Waals surface area contributed by atoms with E-state index in [9.17, 15) is 4.79 Å². The first-order valence-corrected chi connectivity index (χ1v) is 5.19. The molecule has 0 saturated carbocycles. The minimum Gasteiger partial charge on any atom is -0.456 e. The molecule has 0 aliphatic rings. The van der Waals surface area contributed by atoms with Crippen LogP contribution in [0.25, 0.3) is 0 Å². The normalized spacial score (nSPS) is 9.71. The van der Waals surface area contributed by atoms with Gasteiger partial charge in [-0.2, -0.15) is 0 Å². The second-order valence-electron chi connectivity index (χ2n) is 3.39. The van der Waals surface area contributed by atoms with Gasteiger partial charge in [0, 0.05) is 18.8 Å². The number of hydrogen-bond acceptors (Lipinski definition) is 3. The fourth-order valence-corrected chi connectivity index (χ4v) is 1.36. The van der Waals surface area contributed by atoms with Crippen molar-refractivity contribution < 1.29 is 9.53 Å². The summed E-state index contributed by atoms with van der Waals surface area (Å²) in [4.78, 5) is 15.3. The Balaban J connectivity index is 2.11. The lowest BCUT2D eigenvalue weighted by atomic mass is 10.2. The number of hydrogen-bond donors (Lipinski definition) is 1. The first-order chi connectivity index (χ1) is 8.29. The maximum atomic E-state index is 11.3. The molecule has 1 amide bonds. The van der Waals surface area contributed by atoms with E-state index in [1.54, 1.807) is 49.8 Å². The van der Waals surface area contributed by atoms with Crippen molar-refractivity contribution in [3.8, 4) is 11.5 Å². The van der Waals surface area contributed by atoms with Gasteiger partial charge in [-0.05, 0) is 36.4 Å². The lowest BCUT2D eigenvalue weighted by molar-refractivity contribution is 0.0963. The Bertz CT molecular complexity index is 495. The second-order valence-corrected chi connectivity index (χ2v) is 3.39. The van der Waals surface area contributed by atoms with Crippen LogP contribution in [-0.2, 0) is 0 Å². The minimum atomic E-state index is -0.113. The Morgan fingerprint density at radius 2 is 1.94 bits per heavy atom. The molecule has 1 heterocycles. The molecule has 1 aromatic heterocycles. The van der Waals surface area contributed by atoms with Crippen LogP contribution in [0.2, 0.25) is 0 Å². The third kappa shape index (κ3) is 2.81. The highest BCUT2D eigenvalue weighted by Crippen LogP contribution is 2.20. The van der Waals surface area contributed by atoms with Crippen LogP contribution in [0.15, 0.2) is 48.8 Å². The maximum absolute atomic E-state index is 11.3. The third-order valence-electron chi connectivity index (χ3n) is 2.21. The van der Waals surface area contributed by atoms with Crippen LogP contribution >= 0.6 is 0 Å². The van der Waals surface area contributed by atoms with Gasteiger partial charge in [-0.15, -0.1) is 0 Å². The molecule has 2 rings (SSSR count). The van der Waals surface area contributed by atoms with E-state index >= 15 is 0 Å². The van der Waals surface area contributed by atoms with Crippen molar-refractivity contribution in [1.82, 2.24) is 10.3 Å². The molecule has 4 nitrogen and oxygen atoms in total. The smallest absolute Gasteiger partial charge is 0.251 e. The molecular formula is C13H12N2O2. The van der Waals surface area contributed by atoms with Gasteiger partial charge in [0.05, 0.1) is 6.20 Å². The van der Waals surface area contributed by atoms with Crippen molar-refractivity contribution in [3.63, 3.8) is 0 Å². The average molecular weight is 228 g/mol. The first kappa shape index (κ1) is 11.1. The van der Waals surface area contributed by atoms with E-state index in [0.717, 1.165) is 0 Å². The van der Waals surface area contributed by atoms with Gasteiger partial charge in [0.2, 0.25) is 0 Å². The molecule has 86 valence electrons. The van der Waals surface area contributed by atoms with Crippen LogP contribution in [0.1, 0.15) is 10.4 Å². The van der Waals surface area contributed by atoms with Gasteiger partial charge < -0.3 is 10.1 Å². The molecule has 0 fully saturated rings. The molecular weight excluding hydrogens is 216 g/mol. The van der Waals surface area contributed by atoms with Crippen molar-refractivity contribution in [3.05, 3.63) is 54.4 Å². The largest absolute Gasteiger partial charge is 0.456 e. The summed E-state index contributed by atoms with van der Waals surface area (Å²) < 4.78 is 5.55. The van der Waals surface area contributed by atoms with Gasteiger partial charge in [0.15, 0.2) is 0 Å². The lowest BCUT2D eigenvalue weighted by Gasteiger charge is -2.05. The Hall–Kier alpha value is -2.36. The summed E-state index contributed by atoms with van der Waals surface area (Å²) in [5, 5.41) is 2.56. The highest BCUT2D eigenvalue weighted by Gasteiger charge is 2.03. The summed E-state index contributed by atoms with van der Waals surface area (Å²) in [6.45, 7) is 0. The molecule has 0 spiro atoms. The zero-order valence-electron chi connectivity index (χ0n) is 9.38. The number of carbonyl (C=O) groups is 1. The summed E-state index contributed by atoms with van der Waals surface area (Å²) in [5.74, 6) is 1.23. The van der Waals surface area contributed by atoms with Crippen LogP contribution in [0.5, 0.6) is 11.5 Å². The second kappa shape index (κ2) is 5.12. The lowest BCUT2D eigenvalue weighted by Crippen LogP contribution is -2.17. The zero-order valence-corrected chi connectivity index (χ0v) is 9.38. The highest BCUT2D eigenvalue weighted by atomic mass is 16.5. The van der Waals surface area contributed by atoms with E-state index in [-0.39, 0.29) is 5.91 Å². The molecule has 0 aliphatic heterocycles. The zero-order chi connectivity index (χ0) is 12.1. The minimum absolute atomic E-state index is 0.113. The van der Waals surface area contributed by atoms with E-state index in [4.69, 9.17) is 4.74 Å². The van der Waals surface area contributed by atoms with E-state index in [1.165, 1.54) is 0 Å². The van der Waals surface area contributed by atoms with Gasteiger partial charge in [-0.1, -0.05) is 0 Å². The van der Waals surface area contributed by atoms with Gasteiger partial charge in [-0.25, -0.2) is 0 Å². The number of nitrogens with one attached hydrogen (secondary N) is 1. The molecule has 1 aromatic carbocycles. The van der Waals surface area contributed by atoms with Gasteiger partial charge >= 0.3 is 0 Å². The summed E-state index contributed by atoms with van der Waals surface area (Å²) in [6, 6.07) is 10.5. The average Bonchev–Trinajstić information content (AvgIpc) is 2.40. The Kier molecular flexibility index (Phi) is 3.35.